The summed E-state index contributed by atoms with van der Waals surface area (Å²) in [7, 11) is 2.13. The molecule has 6 heteroatoms. The Morgan fingerprint density at radius 1 is 1.10 bits per heavy atom. The summed E-state index contributed by atoms with van der Waals surface area (Å²) < 4.78 is 0. The zero-order valence-corrected chi connectivity index (χ0v) is 19.6. The van der Waals surface area contributed by atoms with Crippen LogP contribution in [0.15, 0.2) is 0 Å². The molecule has 4 fully saturated rings. The molecule has 0 bridgehead atoms. The van der Waals surface area contributed by atoms with Crippen molar-refractivity contribution < 1.29 is 9.59 Å². The molecule has 1 spiro atoms. The maximum absolute atomic E-state index is 13.3. The third-order valence-corrected chi connectivity index (χ3v) is 7.97. The normalized spacial score (nSPS) is 31.2. The lowest BCUT2D eigenvalue weighted by Gasteiger charge is -2.45. The summed E-state index contributed by atoms with van der Waals surface area (Å²) in [5.74, 6) is 0.259. The molecule has 0 radical (unpaired) electrons. The molecule has 170 valence electrons. The van der Waals surface area contributed by atoms with Crippen molar-refractivity contribution in [1.29, 1.82) is 0 Å². The van der Waals surface area contributed by atoms with E-state index in [1.165, 1.54) is 32.1 Å². The average Bonchev–Trinajstić information content (AvgIpc) is 3.11. The molecular weight excluding hydrogens is 376 g/mol. The molecule has 2 atom stereocenters. The Morgan fingerprint density at radius 3 is 2.40 bits per heavy atom. The van der Waals surface area contributed by atoms with Crippen LogP contribution in [0.2, 0.25) is 0 Å². The van der Waals surface area contributed by atoms with Gasteiger partial charge < -0.3 is 20.0 Å². The average molecular weight is 419 g/mol. The summed E-state index contributed by atoms with van der Waals surface area (Å²) in [6.07, 6.45) is 9.77. The van der Waals surface area contributed by atoms with Crippen LogP contribution in [0.3, 0.4) is 0 Å². The number of nitrogens with one attached hydrogen (secondary N) is 1. The number of amides is 2. The Bertz CT molecular complexity index is 616. The van der Waals surface area contributed by atoms with Crippen molar-refractivity contribution in [1.82, 2.24) is 20.0 Å². The van der Waals surface area contributed by atoms with Gasteiger partial charge in [0.2, 0.25) is 11.8 Å². The van der Waals surface area contributed by atoms with Crippen molar-refractivity contribution in [2.24, 2.45) is 5.41 Å². The summed E-state index contributed by atoms with van der Waals surface area (Å²) in [5.41, 5.74) is -0.117. The highest BCUT2D eigenvalue weighted by Crippen LogP contribution is 2.35. The van der Waals surface area contributed by atoms with Gasteiger partial charge in [-0.25, -0.2) is 0 Å². The lowest BCUT2D eigenvalue weighted by Crippen LogP contribution is -2.57. The molecule has 4 rings (SSSR count). The van der Waals surface area contributed by atoms with Gasteiger partial charge in [0.05, 0.1) is 12.0 Å². The van der Waals surface area contributed by atoms with E-state index in [2.05, 4.69) is 42.9 Å². The standard InChI is InChI=1S/C24H42N4O2/c1-23(2,3)17-26(4)19-14-20-22(30)25-24(15-21(29)28(20)16-19)10-12-27(13-11-24)18-8-6-5-7-9-18/h18-20H,5-17H2,1-4H3,(H,25,30)/t19-,20-/m0/s1. The number of carbonyl (C=O) groups is 2. The van der Waals surface area contributed by atoms with Crippen LogP contribution in [0.5, 0.6) is 0 Å². The number of rotatable bonds is 3. The number of likely N-dealkylation sites (N-methyl/N-ethyl adjacent to an activating group) is 1. The van der Waals surface area contributed by atoms with E-state index in [0.717, 1.165) is 44.9 Å². The van der Waals surface area contributed by atoms with Crippen molar-refractivity contribution in [3.63, 3.8) is 0 Å². The van der Waals surface area contributed by atoms with Gasteiger partial charge in [0.1, 0.15) is 6.04 Å². The van der Waals surface area contributed by atoms with E-state index in [1.54, 1.807) is 0 Å². The van der Waals surface area contributed by atoms with E-state index in [1.807, 2.05) is 4.90 Å². The molecule has 1 aliphatic carbocycles. The van der Waals surface area contributed by atoms with E-state index in [-0.39, 0.29) is 34.9 Å². The Hall–Kier alpha value is -1.14. The van der Waals surface area contributed by atoms with Crippen LogP contribution >= 0.6 is 0 Å². The minimum Gasteiger partial charge on any atom is -0.348 e. The van der Waals surface area contributed by atoms with E-state index in [4.69, 9.17) is 0 Å². The van der Waals surface area contributed by atoms with Crippen LogP contribution in [0.1, 0.15) is 78.6 Å². The lowest BCUT2D eigenvalue weighted by molar-refractivity contribution is -0.135. The molecule has 0 aromatic heterocycles. The molecule has 30 heavy (non-hydrogen) atoms. The second-order valence-electron chi connectivity index (χ2n) is 11.7. The van der Waals surface area contributed by atoms with Crippen LogP contribution in [0.4, 0.5) is 0 Å². The van der Waals surface area contributed by atoms with Crippen LogP contribution in [0, 0.1) is 5.41 Å². The van der Waals surface area contributed by atoms with Gasteiger partial charge in [-0.05, 0) is 44.6 Å². The molecule has 3 heterocycles. The van der Waals surface area contributed by atoms with Gasteiger partial charge in [0.25, 0.3) is 0 Å². The Balaban J connectivity index is 1.38. The topological polar surface area (TPSA) is 55.9 Å². The van der Waals surface area contributed by atoms with Crippen LogP contribution in [-0.2, 0) is 9.59 Å². The Morgan fingerprint density at radius 2 is 1.77 bits per heavy atom. The van der Waals surface area contributed by atoms with E-state index in [0.29, 0.717) is 13.0 Å². The van der Waals surface area contributed by atoms with Gasteiger partial charge in [0.15, 0.2) is 0 Å². The molecule has 4 aliphatic rings. The third-order valence-electron chi connectivity index (χ3n) is 7.97. The molecule has 6 nitrogen and oxygen atoms in total. The van der Waals surface area contributed by atoms with Crippen molar-refractivity contribution in [2.75, 3.05) is 33.2 Å². The molecule has 3 aliphatic heterocycles. The van der Waals surface area contributed by atoms with E-state index < -0.39 is 0 Å². The second kappa shape index (κ2) is 8.42. The van der Waals surface area contributed by atoms with Crippen molar-refractivity contribution in [3.05, 3.63) is 0 Å². The van der Waals surface area contributed by atoms with Crippen LogP contribution < -0.4 is 5.32 Å². The van der Waals surface area contributed by atoms with Crippen molar-refractivity contribution >= 4 is 11.8 Å². The summed E-state index contributed by atoms with van der Waals surface area (Å²) in [5, 5.41) is 3.38. The first-order valence-electron chi connectivity index (χ1n) is 12.2. The zero-order chi connectivity index (χ0) is 21.5. The van der Waals surface area contributed by atoms with E-state index >= 15 is 0 Å². The summed E-state index contributed by atoms with van der Waals surface area (Å²) >= 11 is 0. The number of nitrogens with zero attached hydrogens (tertiary/aromatic N) is 3. The summed E-state index contributed by atoms with van der Waals surface area (Å²) in [6.45, 7) is 10.4. The molecule has 1 N–H and O–H groups in total. The molecule has 0 unspecified atom stereocenters. The number of hydrogen-bond acceptors (Lipinski definition) is 4. The first kappa shape index (κ1) is 22.1. The van der Waals surface area contributed by atoms with Crippen LogP contribution in [0.25, 0.3) is 0 Å². The monoisotopic (exact) mass is 418 g/mol. The smallest absolute Gasteiger partial charge is 0.243 e. The second-order valence-corrected chi connectivity index (χ2v) is 11.7. The molecule has 0 aromatic carbocycles. The molecular formula is C24H42N4O2. The predicted molar refractivity (Wildman–Crippen MR) is 119 cm³/mol. The van der Waals surface area contributed by atoms with Crippen LogP contribution in [-0.4, -0.2) is 83.4 Å². The largest absolute Gasteiger partial charge is 0.348 e. The first-order chi connectivity index (χ1) is 14.2. The quantitative estimate of drug-likeness (QED) is 0.766. The first-order valence-corrected chi connectivity index (χ1v) is 12.2. The van der Waals surface area contributed by atoms with Gasteiger partial charge >= 0.3 is 0 Å². The maximum Gasteiger partial charge on any atom is 0.243 e. The highest BCUT2D eigenvalue weighted by Gasteiger charge is 2.49. The van der Waals surface area contributed by atoms with Gasteiger partial charge in [-0.15, -0.1) is 0 Å². The Labute approximate surface area is 182 Å². The SMILES string of the molecule is CN(CC(C)(C)C)[C@H]1C[C@H]2C(=O)NC3(CCN(C4CCCCC4)CC3)CC(=O)N2C1. The molecule has 0 aromatic rings. The fourth-order valence-corrected chi connectivity index (χ4v) is 6.38. The van der Waals surface area contributed by atoms with Crippen molar-refractivity contribution in [3.8, 4) is 0 Å². The Kier molecular flexibility index (Phi) is 6.19. The number of carbonyl (C=O) groups excluding carboxylic acids is 2. The number of likely N-dealkylation sites (tertiary alicyclic amines) is 1. The molecule has 2 amide bonds. The maximum atomic E-state index is 13.3. The predicted octanol–water partition coefficient (Wildman–Crippen LogP) is 2.62. The fraction of sp³-hybridized carbons (Fsp3) is 0.917. The van der Waals surface area contributed by atoms with Gasteiger partial charge in [-0.3, -0.25) is 9.59 Å². The van der Waals surface area contributed by atoms with Gasteiger partial charge in [-0.1, -0.05) is 40.0 Å². The minimum absolute atomic E-state index is 0.0821. The zero-order valence-electron chi connectivity index (χ0n) is 19.6. The summed E-state index contributed by atoms with van der Waals surface area (Å²) in [4.78, 5) is 33.3. The highest BCUT2D eigenvalue weighted by atomic mass is 16.2. The molecule has 1 saturated carbocycles. The number of fused-ring (bicyclic) bond motifs is 1. The highest BCUT2D eigenvalue weighted by molar-refractivity contribution is 5.92. The number of piperidine rings is 1. The molecule has 3 saturated heterocycles. The van der Waals surface area contributed by atoms with Gasteiger partial charge in [0, 0.05) is 38.3 Å². The minimum atomic E-state index is -0.323. The van der Waals surface area contributed by atoms with Gasteiger partial charge in [-0.2, -0.15) is 0 Å². The van der Waals surface area contributed by atoms with Crippen molar-refractivity contribution in [2.45, 2.75) is 102 Å². The lowest BCUT2D eigenvalue weighted by atomic mass is 9.82. The van der Waals surface area contributed by atoms with E-state index in [9.17, 15) is 9.59 Å². The summed E-state index contributed by atoms with van der Waals surface area (Å²) in [6, 6.07) is 0.697. The fourth-order valence-electron chi connectivity index (χ4n) is 6.38. The number of hydrogen-bond donors (Lipinski definition) is 1. The third kappa shape index (κ3) is 4.69.